The zero-order valence-corrected chi connectivity index (χ0v) is 17.6. The number of hydrogen-bond donors (Lipinski definition) is 1. The minimum atomic E-state index is 0. The molecule has 0 saturated carbocycles. The number of ether oxygens (including phenoxy) is 1. The number of rotatable bonds is 4. The van der Waals surface area contributed by atoms with Crippen molar-refractivity contribution in [1.29, 1.82) is 0 Å². The maximum absolute atomic E-state index is 5.41. The van der Waals surface area contributed by atoms with Crippen molar-refractivity contribution < 1.29 is 4.74 Å². The lowest BCUT2D eigenvalue weighted by Crippen LogP contribution is -2.50. The van der Waals surface area contributed by atoms with Gasteiger partial charge in [-0.2, -0.15) is 0 Å². The Labute approximate surface area is 159 Å². The van der Waals surface area contributed by atoms with Crippen LogP contribution in [0.5, 0.6) is 0 Å². The van der Waals surface area contributed by atoms with Crippen molar-refractivity contribution >= 4 is 29.9 Å². The monoisotopic (exact) mass is 438 g/mol. The fraction of sp³-hybridized carbons (Fsp3) is 0.941. The van der Waals surface area contributed by atoms with Crippen LogP contribution in [0.3, 0.4) is 0 Å². The fourth-order valence-electron chi connectivity index (χ4n) is 3.72. The highest BCUT2D eigenvalue weighted by atomic mass is 127. The summed E-state index contributed by atoms with van der Waals surface area (Å²) in [6.45, 7) is 15.3. The quantitative estimate of drug-likeness (QED) is 0.415. The van der Waals surface area contributed by atoms with Crippen LogP contribution in [0, 0.1) is 17.8 Å². The van der Waals surface area contributed by atoms with Crippen LogP contribution in [0.25, 0.3) is 0 Å². The molecule has 0 aliphatic carbocycles. The summed E-state index contributed by atoms with van der Waals surface area (Å²) < 4.78 is 5.41. The van der Waals surface area contributed by atoms with Crippen LogP contribution in [0.4, 0.5) is 0 Å². The molecule has 5 nitrogen and oxygen atoms in total. The van der Waals surface area contributed by atoms with Gasteiger partial charge in [-0.25, -0.2) is 0 Å². The van der Waals surface area contributed by atoms with E-state index in [9.17, 15) is 0 Å². The maximum atomic E-state index is 5.41. The minimum absolute atomic E-state index is 0. The van der Waals surface area contributed by atoms with Crippen molar-refractivity contribution in [2.75, 3.05) is 59.5 Å². The molecule has 2 saturated heterocycles. The Morgan fingerprint density at radius 3 is 2.39 bits per heavy atom. The molecule has 136 valence electrons. The summed E-state index contributed by atoms with van der Waals surface area (Å²) >= 11 is 0. The van der Waals surface area contributed by atoms with Gasteiger partial charge < -0.3 is 15.0 Å². The maximum Gasteiger partial charge on any atom is 0.193 e. The molecule has 0 aromatic carbocycles. The smallest absolute Gasteiger partial charge is 0.193 e. The van der Waals surface area contributed by atoms with Gasteiger partial charge in [0.25, 0.3) is 0 Å². The van der Waals surface area contributed by atoms with Gasteiger partial charge in [0, 0.05) is 46.3 Å². The topological polar surface area (TPSA) is 40.1 Å². The first-order valence-electron chi connectivity index (χ1n) is 8.84. The molecule has 0 spiro atoms. The minimum Gasteiger partial charge on any atom is -0.379 e. The number of nitrogens with zero attached hydrogens (tertiary/aromatic N) is 3. The Morgan fingerprint density at radius 1 is 1.22 bits per heavy atom. The molecule has 0 amide bonds. The Morgan fingerprint density at radius 2 is 1.83 bits per heavy atom. The van der Waals surface area contributed by atoms with Gasteiger partial charge in [0.2, 0.25) is 0 Å². The second kappa shape index (κ2) is 10.7. The molecule has 1 N–H and O–H groups in total. The number of aliphatic imine (C=N–C) groups is 1. The van der Waals surface area contributed by atoms with E-state index >= 15 is 0 Å². The average Bonchev–Trinajstić information content (AvgIpc) is 2.48. The van der Waals surface area contributed by atoms with Crippen molar-refractivity contribution in [2.24, 2.45) is 22.7 Å². The van der Waals surface area contributed by atoms with Crippen molar-refractivity contribution in [3.8, 4) is 0 Å². The Bertz CT molecular complexity index is 351. The third-order valence-corrected chi connectivity index (χ3v) is 4.66. The highest BCUT2D eigenvalue weighted by molar-refractivity contribution is 14.0. The van der Waals surface area contributed by atoms with E-state index < -0.39 is 0 Å². The van der Waals surface area contributed by atoms with Gasteiger partial charge in [0.05, 0.1) is 13.2 Å². The number of hydrogen-bond acceptors (Lipinski definition) is 3. The molecule has 2 heterocycles. The van der Waals surface area contributed by atoms with E-state index in [1.807, 2.05) is 7.05 Å². The summed E-state index contributed by atoms with van der Waals surface area (Å²) in [4.78, 5) is 9.43. The van der Waals surface area contributed by atoms with Crippen LogP contribution in [0.1, 0.15) is 27.2 Å². The summed E-state index contributed by atoms with van der Waals surface area (Å²) in [6.07, 6.45) is 1.33. The predicted molar refractivity (Wildman–Crippen MR) is 108 cm³/mol. The molecule has 0 radical (unpaired) electrons. The third kappa shape index (κ3) is 7.13. The normalized spacial score (nSPS) is 28.2. The average molecular weight is 438 g/mol. The standard InChI is InChI=1S/C17H34N4O.HI/c1-14-9-15(2)13-21(12-14)17(18-4)19-10-16(3)11-20-5-7-22-8-6-20;/h14-16H,5-13H2,1-4H3,(H,18,19);1H. The van der Waals surface area contributed by atoms with E-state index in [0.717, 1.165) is 70.3 Å². The zero-order chi connectivity index (χ0) is 15.9. The molecule has 0 bridgehead atoms. The first-order valence-corrected chi connectivity index (χ1v) is 8.84. The largest absolute Gasteiger partial charge is 0.379 e. The van der Waals surface area contributed by atoms with E-state index in [4.69, 9.17) is 4.74 Å². The molecular formula is C17H35IN4O. The first-order chi connectivity index (χ1) is 10.6. The number of likely N-dealkylation sites (tertiary alicyclic amines) is 1. The zero-order valence-electron chi connectivity index (χ0n) is 15.3. The van der Waals surface area contributed by atoms with E-state index in [2.05, 4.69) is 40.9 Å². The second-order valence-electron chi connectivity index (χ2n) is 7.30. The van der Waals surface area contributed by atoms with E-state index in [1.165, 1.54) is 6.42 Å². The van der Waals surface area contributed by atoms with Gasteiger partial charge in [-0.05, 0) is 24.2 Å². The molecule has 23 heavy (non-hydrogen) atoms. The van der Waals surface area contributed by atoms with E-state index in [1.54, 1.807) is 0 Å². The van der Waals surface area contributed by atoms with Crippen LogP contribution in [0.15, 0.2) is 4.99 Å². The second-order valence-corrected chi connectivity index (χ2v) is 7.30. The Kier molecular flexibility index (Phi) is 9.77. The molecule has 6 heteroatoms. The number of guanidine groups is 1. The first kappa shape index (κ1) is 21.0. The molecule has 2 rings (SSSR count). The third-order valence-electron chi connectivity index (χ3n) is 4.66. The highest BCUT2D eigenvalue weighted by Crippen LogP contribution is 2.20. The van der Waals surface area contributed by atoms with E-state index in [-0.39, 0.29) is 24.0 Å². The van der Waals surface area contributed by atoms with Gasteiger partial charge >= 0.3 is 0 Å². The summed E-state index contributed by atoms with van der Waals surface area (Å²) in [5.41, 5.74) is 0. The molecular weight excluding hydrogens is 403 g/mol. The van der Waals surface area contributed by atoms with Crippen molar-refractivity contribution in [3.63, 3.8) is 0 Å². The fourth-order valence-corrected chi connectivity index (χ4v) is 3.72. The molecule has 2 aliphatic heterocycles. The van der Waals surface area contributed by atoms with Gasteiger partial charge in [-0.1, -0.05) is 20.8 Å². The highest BCUT2D eigenvalue weighted by Gasteiger charge is 2.24. The van der Waals surface area contributed by atoms with Crippen LogP contribution >= 0.6 is 24.0 Å². The van der Waals surface area contributed by atoms with Gasteiger partial charge in [-0.3, -0.25) is 9.89 Å². The van der Waals surface area contributed by atoms with Gasteiger partial charge in [0.15, 0.2) is 5.96 Å². The van der Waals surface area contributed by atoms with Crippen molar-refractivity contribution in [2.45, 2.75) is 27.2 Å². The van der Waals surface area contributed by atoms with Gasteiger partial charge in [-0.15, -0.1) is 24.0 Å². The molecule has 3 atom stereocenters. The lowest BCUT2D eigenvalue weighted by Gasteiger charge is -2.37. The van der Waals surface area contributed by atoms with Crippen LogP contribution in [-0.4, -0.2) is 75.3 Å². The Balaban J connectivity index is 0.00000264. The van der Waals surface area contributed by atoms with Crippen molar-refractivity contribution in [1.82, 2.24) is 15.1 Å². The SMILES string of the molecule is CN=C(NCC(C)CN1CCOCC1)N1CC(C)CC(C)C1.I. The molecule has 2 fully saturated rings. The lowest BCUT2D eigenvalue weighted by atomic mass is 9.92. The Hall–Kier alpha value is -0.0800. The van der Waals surface area contributed by atoms with Gasteiger partial charge in [0.1, 0.15) is 0 Å². The molecule has 2 aliphatic rings. The van der Waals surface area contributed by atoms with E-state index in [0.29, 0.717) is 5.92 Å². The van der Waals surface area contributed by atoms with Crippen LogP contribution < -0.4 is 5.32 Å². The number of piperidine rings is 1. The van der Waals surface area contributed by atoms with Crippen LogP contribution in [-0.2, 0) is 4.74 Å². The van der Waals surface area contributed by atoms with Crippen LogP contribution in [0.2, 0.25) is 0 Å². The van der Waals surface area contributed by atoms with Crippen molar-refractivity contribution in [3.05, 3.63) is 0 Å². The molecule has 0 aromatic rings. The number of morpholine rings is 1. The molecule has 3 unspecified atom stereocenters. The summed E-state index contributed by atoms with van der Waals surface area (Å²) in [5.74, 6) is 3.21. The number of nitrogens with one attached hydrogen (secondary N) is 1. The summed E-state index contributed by atoms with van der Waals surface area (Å²) in [7, 11) is 1.90. The summed E-state index contributed by atoms with van der Waals surface area (Å²) in [5, 5.41) is 3.59. The number of halogens is 1. The lowest BCUT2D eigenvalue weighted by molar-refractivity contribution is 0.0320. The summed E-state index contributed by atoms with van der Waals surface area (Å²) in [6, 6.07) is 0. The predicted octanol–water partition coefficient (Wildman–Crippen LogP) is 2.13. The molecule has 0 aromatic heterocycles.